The van der Waals surface area contributed by atoms with Crippen molar-refractivity contribution < 1.29 is 13.5 Å². The molecule has 24 heavy (non-hydrogen) atoms. The van der Waals surface area contributed by atoms with Crippen LogP contribution < -0.4 is 10.6 Å². The number of aromatic nitrogens is 3. The van der Waals surface area contributed by atoms with Gasteiger partial charge in [-0.25, -0.2) is 13.6 Å². The number of halogens is 2. The Morgan fingerprint density at radius 3 is 2.92 bits per heavy atom. The first-order chi connectivity index (χ1) is 11.6. The summed E-state index contributed by atoms with van der Waals surface area (Å²) < 4.78 is 33.5. The number of fused-ring (bicyclic) bond motifs is 2. The molecule has 3 atom stereocenters. The topological polar surface area (TPSA) is 71.1 Å². The van der Waals surface area contributed by atoms with Gasteiger partial charge < -0.3 is 14.6 Å². The van der Waals surface area contributed by atoms with Crippen molar-refractivity contribution >= 4 is 16.7 Å². The minimum Gasteiger partial charge on any atom is -0.373 e. The molecule has 1 aliphatic carbocycles. The summed E-state index contributed by atoms with van der Waals surface area (Å²) >= 11 is 0. The number of anilines is 1. The summed E-state index contributed by atoms with van der Waals surface area (Å²) in [6.45, 7) is 6.48. The van der Waals surface area contributed by atoms with Crippen molar-refractivity contribution in [3.8, 4) is 0 Å². The molecule has 8 heteroatoms. The molecule has 0 spiro atoms. The summed E-state index contributed by atoms with van der Waals surface area (Å²) in [7, 11) is 0. The molecule has 2 aromatic heterocycles. The minimum absolute atomic E-state index is 0.0558. The van der Waals surface area contributed by atoms with Crippen molar-refractivity contribution in [1.29, 1.82) is 0 Å². The second kappa shape index (κ2) is 6.43. The lowest BCUT2D eigenvalue weighted by molar-refractivity contribution is 0.105. The van der Waals surface area contributed by atoms with E-state index < -0.39 is 29.8 Å². The Bertz CT molecular complexity index is 810. The SMILES string of the molecule is CC.Cc1ncc2c(N3CCCOC4C(F)C43)nc(=O)[nH]c2c1F. The predicted octanol–water partition coefficient (Wildman–Crippen LogP) is 2.11. The average molecular weight is 338 g/mol. The van der Waals surface area contributed by atoms with Crippen LogP contribution in [0.15, 0.2) is 11.0 Å². The molecule has 2 aliphatic rings. The number of pyridine rings is 1. The molecule has 2 aromatic rings. The Morgan fingerprint density at radius 2 is 2.17 bits per heavy atom. The quantitative estimate of drug-likeness (QED) is 0.862. The average Bonchev–Trinajstić information content (AvgIpc) is 3.28. The maximum absolute atomic E-state index is 14.2. The van der Waals surface area contributed by atoms with Gasteiger partial charge in [0.15, 0.2) is 12.0 Å². The molecular formula is C16H20F2N4O2. The van der Waals surface area contributed by atoms with Crippen molar-refractivity contribution in [1.82, 2.24) is 15.0 Å². The molecule has 0 aromatic carbocycles. The van der Waals surface area contributed by atoms with E-state index in [0.29, 0.717) is 25.0 Å². The van der Waals surface area contributed by atoms with Gasteiger partial charge in [-0.2, -0.15) is 4.98 Å². The van der Waals surface area contributed by atoms with Crippen molar-refractivity contribution in [3.05, 3.63) is 28.2 Å². The van der Waals surface area contributed by atoms with Crippen molar-refractivity contribution in [2.75, 3.05) is 18.1 Å². The first kappa shape index (κ1) is 16.8. The third kappa shape index (κ3) is 2.64. The normalized spacial score (nSPS) is 25.5. The number of rotatable bonds is 1. The number of ether oxygens (including phenoxy) is 1. The van der Waals surface area contributed by atoms with Gasteiger partial charge in [-0.05, 0) is 13.3 Å². The molecule has 1 N–H and O–H groups in total. The highest BCUT2D eigenvalue weighted by molar-refractivity contribution is 5.89. The van der Waals surface area contributed by atoms with Crippen molar-refractivity contribution in [2.45, 2.75) is 45.5 Å². The van der Waals surface area contributed by atoms with E-state index in [1.165, 1.54) is 13.1 Å². The van der Waals surface area contributed by atoms with Gasteiger partial charge in [0.05, 0.1) is 22.6 Å². The van der Waals surface area contributed by atoms with Crippen LogP contribution in [0.5, 0.6) is 0 Å². The number of nitrogens with zero attached hydrogens (tertiary/aromatic N) is 3. The highest BCUT2D eigenvalue weighted by atomic mass is 19.1. The fourth-order valence-corrected chi connectivity index (χ4v) is 3.01. The summed E-state index contributed by atoms with van der Waals surface area (Å²) in [5.74, 6) is -0.320. The van der Waals surface area contributed by atoms with Crippen LogP contribution in [0.2, 0.25) is 0 Å². The van der Waals surface area contributed by atoms with Crippen molar-refractivity contribution in [3.63, 3.8) is 0 Å². The van der Waals surface area contributed by atoms with Gasteiger partial charge in [-0.3, -0.25) is 4.98 Å². The molecule has 1 saturated heterocycles. The molecule has 0 bridgehead atoms. The van der Waals surface area contributed by atoms with Gasteiger partial charge in [-0.1, -0.05) is 13.8 Å². The van der Waals surface area contributed by atoms with E-state index in [1.807, 2.05) is 13.8 Å². The number of aryl methyl sites for hydroxylation is 1. The second-order valence-electron chi connectivity index (χ2n) is 5.63. The molecule has 4 rings (SSSR count). The number of alkyl halides is 1. The molecule has 3 heterocycles. The van der Waals surface area contributed by atoms with Crippen molar-refractivity contribution in [2.24, 2.45) is 0 Å². The molecule has 1 saturated carbocycles. The lowest BCUT2D eigenvalue weighted by Crippen LogP contribution is -2.32. The highest BCUT2D eigenvalue weighted by Gasteiger charge is 2.57. The van der Waals surface area contributed by atoms with Gasteiger partial charge in [0, 0.05) is 19.3 Å². The fourth-order valence-electron chi connectivity index (χ4n) is 3.01. The van der Waals surface area contributed by atoms with Gasteiger partial charge in [-0.15, -0.1) is 0 Å². The van der Waals surface area contributed by atoms with Crippen LogP contribution in [0.4, 0.5) is 14.6 Å². The Kier molecular flexibility index (Phi) is 4.49. The lowest BCUT2D eigenvalue weighted by atomic mass is 10.2. The number of hydrogen-bond donors (Lipinski definition) is 1. The standard InChI is InChI=1S/C14H14F2N4O2.C2H6/c1-6-8(15)10-7(5-17-6)13(19-14(21)18-10)20-3-2-4-22-12-9(16)11(12)20;1-2/h5,9,11-12H,2-4H2,1H3,(H,18,19,21);1-2H3. The van der Waals surface area contributed by atoms with E-state index in [9.17, 15) is 13.6 Å². The fraction of sp³-hybridized carbons (Fsp3) is 0.562. The molecule has 0 amide bonds. The molecule has 2 fully saturated rings. The third-order valence-electron chi connectivity index (χ3n) is 4.20. The summed E-state index contributed by atoms with van der Waals surface area (Å²) in [5, 5.41) is 0.377. The first-order valence-corrected chi connectivity index (χ1v) is 8.15. The summed E-state index contributed by atoms with van der Waals surface area (Å²) in [4.78, 5) is 23.8. The van der Waals surface area contributed by atoms with Gasteiger partial charge in [0.2, 0.25) is 0 Å². The van der Waals surface area contributed by atoms with Gasteiger partial charge >= 0.3 is 5.69 Å². The first-order valence-electron chi connectivity index (χ1n) is 8.15. The van der Waals surface area contributed by atoms with E-state index in [1.54, 1.807) is 4.90 Å². The van der Waals surface area contributed by atoms with E-state index in [0.717, 1.165) is 0 Å². The zero-order valence-electron chi connectivity index (χ0n) is 13.8. The lowest BCUT2D eigenvalue weighted by Gasteiger charge is -2.23. The monoisotopic (exact) mass is 338 g/mol. The number of hydrogen-bond acceptors (Lipinski definition) is 5. The Hall–Kier alpha value is -2.09. The summed E-state index contributed by atoms with van der Waals surface area (Å²) in [6, 6.07) is -0.468. The van der Waals surface area contributed by atoms with Crippen LogP contribution in [-0.2, 0) is 4.74 Å². The Labute approximate surface area is 137 Å². The van der Waals surface area contributed by atoms with E-state index >= 15 is 0 Å². The van der Waals surface area contributed by atoms with Crippen LogP contribution in [0.1, 0.15) is 26.0 Å². The Balaban J connectivity index is 0.000000815. The number of H-pyrrole nitrogens is 1. The van der Waals surface area contributed by atoms with E-state index in [2.05, 4.69) is 15.0 Å². The minimum atomic E-state index is -1.11. The second-order valence-corrected chi connectivity index (χ2v) is 5.63. The molecule has 0 radical (unpaired) electrons. The predicted molar refractivity (Wildman–Crippen MR) is 86.6 cm³/mol. The molecule has 1 aliphatic heterocycles. The number of nitrogens with one attached hydrogen (secondary N) is 1. The molecule has 130 valence electrons. The van der Waals surface area contributed by atoms with Crippen LogP contribution in [0, 0.1) is 12.7 Å². The van der Waals surface area contributed by atoms with E-state index in [-0.39, 0.29) is 17.0 Å². The van der Waals surface area contributed by atoms with Crippen LogP contribution in [-0.4, -0.2) is 46.4 Å². The molecule has 6 nitrogen and oxygen atoms in total. The third-order valence-corrected chi connectivity index (χ3v) is 4.20. The van der Waals surface area contributed by atoms with Crippen LogP contribution in [0.3, 0.4) is 0 Å². The van der Waals surface area contributed by atoms with E-state index in [4.69, 9.17) is 4.74 Å². The molecule has 3 unspecified atom stereocenters. The van der Waals surface area contributed by atoms with Gasteiger partial charge in [0.25, 0.3) is 0 Å². The zero-order valence-corrected chi connectivity index (χ0v) is 13.8. The zero-order chi connectivity index (χ0) is 17.4. The molecular weight excluding hydrogens is 318 g/mol. The highest BCUT2D eigenvalue weighted by Crippen LogP contribution is 2.40. The summed E-state index contributed by atoms with van der Waals surface area (Å²) in [5.41, 5.74) is -0.419. The maximum Gasteiger partial charge on any atom is 0.347 e. The number of aromatic amines is 1. The largest absolute Gasteiger partial charge is 0.373 e. The smallest absolute Gasteiger partial charge is 0.347 e. The summed E-state index contributed by atoms with van der Waals surface area (Å²) in [6.07, 6.45) is 0.543. The van der Waals surface area contributed by atoms with Crippen LogP contribution in [0.25, 0.3) is 10.9 Å². The van der Waals surface area contributed by atoms with Gasteiger partial charge in [0.1, 0.15) is 11.9 Å². The maximum atomic E-state index is 14.2. The van der Waals surface area contributed by atoms with Crippen LogP contribution >= 0.6 is 0 Å². The Morgan fingerprint density at radius 1 is 1.42 bits per heavy atom.